The number of unbranched alkanes of at least 4 members (excludes halogenated alkanes) is 1. The molecule has 2 nitrogen and oxygen atoms in total. The molecule has 0 aromatic heterocycles. The fourth-order valence-electron chi connectivity index (χ4n) is 2.55. The number of para-hydroxylation sites is 1. The summed E-state index contributed by atoms with van der Waals surface area (Å²) in [5.74, 6) is 0. The van der Waals surface area contributed by atoms with Crippen LogP contribution in [0.1, 0.15) is 37.3 Å². The minimum absolute atomic E-state index is 0.706. The number of rotatable bonds is 5. The summed E-state index contributed by atoms with van der Waals surface area (Å²) in [6, 6.07) is 18.9. The van der Waals surface area contributed by atoms with E-state index in [2.05, 4.69) is 83.4 Å². The van der Waals surface area contributed by atoms with Crippen molar-refractivity contribution in [3.63, 3.8) is 0 Å². The van der Waals surface area contributed by atoms with Gasteiger partial charge in [0, 0.05) is 19.7 Å². The first kappa shape index (κ1) is 17.5. The van der Waals surface area contributed by atoms with Gasteiger partial charge in [-0.3, -0.25) is 4.99 Å². The van der Waals surface area contributed by atoms with E-state index in [0.717, 1.165) is 17.3 Å². The summed E-state index contributed by atoms with van der Waals surface area (Å²) in [7, 11) is 0. The molecule has 0 saturated carbocycles. The summed E-state index contributed by atoms with van der Waals surface area (Å²) in [5.41, 5.74) is 3.68. The third-order valence-electron chi connectivity index (χ3n) is 3.86. The lowest BCUT2D eigenvalue weighted by Crippen LogP contribution is -2.15. The lowest BCUT2D eigenvalue weighted by molar-refractivity contribution is 0.813. The van der Waals surface area contributed by atoms with Crippen LogP contribution < -0.4 is 5.32 Å². The van der Waals surface area contributed by atoms with Crippen LogP contribution in [-0.4, -0.2) is 5.17 Å². The maximum Gasteiger partial charge on any atom is 0.166 e. The van der Waals surface area contributed by atoms with Crippen molar-refractivity contribution >= 4 is 50.1 Å². The van der Waals surface area contributed by atoms with Gasteiger partial charge in [0.1, 0.15) is 0 Å². The number of aliphatic imine (C=N–C) groups is 1. The molecular formula is C20H21IN2S. The van der Waals surface area contributed by atoms with Gasteiger partial charge in [0.15, 0.2) is 5.17 Å². The number of thioether (sulfide) groups is 1. The Morgan fingerprint density at radius 2 is 1.83 bits per heavy atom. The zero-order chi connectivity index (χ0) is 16.8. The van der Waals surface area contributed by atoms with E-state index in [1.807, 2.05) is 6.07 Å². The first-order valence-electron chi connectivity index (χ1n) is 8.29. The van der Waals surface area contributed by atoms with Crippen LogP contribution in [0.15, 0.2) is 63.2 Å². The van der Waals surface area contributed by atoms with Gasteiger partial charge < -0.3 is 5.32 Å². The van der Waals surface area contributed by atoms with Gasteiger partial charge in [-0.2, -0.15) is 0 Å². The molecule has 0 atom stereocenters. The second kappa shape index (κ2) is 8.72. The maximum absolute atomic E-state index is 4.80. The lowest BCUT2D eigenvalue weighted by atomic mass is 10.1. The zero-order valence-electron chi connectivity index (χ0n) is 13.8. The predicted octanol–water partition coefficient (Wildman–Crippen LogP) is 6.70. The summed E-state index contributed by atoms with van der Waals surface area (Å²) in [5, 5.41) is 4.47. The molecule has 0 amide bonds. The Balaban J connectivity index is 1.87. The third kappa shape index (κ3) is 4.42. The Morgan fingerprint density at radius 1 is 1.08 bits per heavy atom. The van der Waals surface area contributed by atoms with Crippen LogP contribution in [0, 0.1) is 0 Å². The number of nitrogens with zero attached hydrogens (tertiary/aromatic N) is 1. The van der Waals surface area contributed by atoms with E-state index in [1.54, 1.807) is 11.8 Å². The monoisotopic (exact) mass is 448 g/mol. The lowest BCUT2D eigenvalue weighted by Gasteiger charge is -2.23. The molecule has 0 aliphatic carbocycles. The molecule has 0 saturated heterocycles. The highest BCUT2D eigenvalue weighted by Gasteiger charge is 2.21. The average Bonchev–Trinajstić information content (AvgIpc) is 2.64. The van der Waals surface area contributed by atoms with E-state index in [-0.39, 0.29) is 0 Å². The molecule has 0 radical (unpaired) electrons. The molecule has 0 unspecified atom stereocenters. The Morgan fingerprint density at radius 3 is 2.62 bits per heavy atom. The van der Waals surface area contributed by atoms with Crippen molar-refractivity contribution in [2.75, 3.05) is 5.32 Å². The Labute approximate surface area is 162 Å². The van der Waals surface area contributed by atoms with Gasteiger partial charge in [0.2, 0.25) is 0 Å². The van der Waals surface area contributed by atoms with E-state index in [4.69, 9.17) is 4.99 Å². The smallest absolute Gasteiger partial charge is 0.166 e. The van der Waals surface area contributed by atoms with E-state index in [0.29, 0.717) is 6.54 Å². The average molecular weight is 448 g/mol. The van der Waals surface area contributed by atoms with Crippen molar-refractivity contribution in [3.8, 4) is 0 Å². The standard InChI is InChI=1S/C20H21IN2S/c1-2-3-12-17(21)19-16-11-7-8-13-18(16)23-20(24-19)22-14-15-9-5-4-6-10-15/h4-11,13H,2-3,12,14H2,1H3,(H,22,23)/b19-17+. The highest BCUT2D eigenvalue weighted by atomic mass is 127. The summed E-state index contributed by atoms with van der Waals surface area (Å²) in [4.78, 5) is 6.15. The van der Waals surface area contributed by atoms with Crippen LogP contribution in [0.4, 0.5) is 5.69 Å². The summed E-state index contributed by atoms with van der Waals surface area (Å²) >= 11 is 4.27. The zero-order valence-corrected chi connectivity index (χ0v) is 16.7. The number of hydrogen-bond donors (Lipinski definition) is 1. The normalized spacial score (nSPS) is 17.3. The van der Waals surface area contributed by atoms with E-state index < -0.39 is 0 Å². The molecule has 4 heteroatoms. The Bertz CT molecular complexity index is 753. The number of anilines is 1. The van der Waals surface area contributed by atoms with Crippen molar-refractivity contribution in [1.29, 1.82) is 0 Å². The van der Waals surface area contributed by atoms with Crippen molar-refractivity contribution in [2.45, 2.75) is 32.7 Å². The van der Waals surface area contributed by atoms with Crippen LogP contribution in [0.3, 0.4) is 0 Å². The van der Waals surface area contributed by atoms with Gasteiger partial charge >= 0.3 is 0 Å². The van der Waals surface area contributed by atoms with Crippen LogP contribution in [0.2, 0.25) is 0 Å². The van der Waals surface area contributed by atoms with Crippen molar-refractivity contribution < 1.29 is 0 Å². The number of allylic oxidation sites excluding steroid dienone is 1. The number of halogens is 1. The Kier molecular flexibility index (Phi) is 6.37. The topological polar surface area (TPSA) is 24.4 Å². The van der Waals surface area contributed by atoms with Crippen molar-refractivity contribution in [2.24, 2.45) is 4.99 Å². The van der Waals surface area contributed by atoms with Crippen LogP contribution in [0.5, 0.6) is 0 Å². The van der Waals surface area contributed by atoms with E-state index >= 15 is 0 Å². The fraction of sp³-hybridized carbons (Fsp3) is 0.250. The van der Waals surface area contributed by atoms with Gasteiger partial charge in [0.05, 0.1) is 6.54 Å². The molecule has 1 N–H and O–H groups in total. The minimum Gasteiger partial charge on any atom is -0.334 e. The van der Waals surface area contributed by atoms with Crippen LogP contribution in [-0.2, 0) is 6.54 Å². The number of amidine groups is 1. The summed E-state index contributed by atoms with van der Waals surface area (Å²) in [6.07, 6.45) is 3.59. The molecule has 24 heavy (non-hydrogen) atoms. The largest absolute Gasteiger partial charge is 0.334 e. The van der Waals surface area contributed by atoms with Gasteiger partial charge in [-0.15, -0.1) is 0 Å². The first-order valence-corrected chi connectivity index (χ1v) is 10.2. The molecule has 1 aliphatic rings. The maximum atomic E-state index is 4.80. The van der Waals surface area contributed by atoms with Gasteiger partial charge in [-0.25, -0.2) is 0 Å². The molecule has 0 bridgehead atoms. The Hall–Kier alpha value is -1.27. The number of fused-ring (bicyclic) bond motifs is 1. The third-order valence-corrected chi connectivity index (χ3v) is 6.40. The molecule has 2 aromatic carbocycles. The minimum atomic E-state index is 0.706. The molecule has 124 valence electrons. The van der Waals surface area contributed by atoms with E-state index in [9.17, 15) is 0 Å². The van der Waals surface area contributed by atoms with Crippen molar-refractivity contribution in [1.82, 2.24) is 0 Å². The highest BCUT2D eigenvalue weighted by Crippen LogP contribution is 2.43. The molecule has 2 aromatic rings. The van der Waals surface area contributed by atoms with Gasteiger partial charge in [-0.05, 0) is 47.1 Å². The van der Waals surface area contributed by atoms with Crippen LogP contribution in [0.25, 0.3) is 4.91 Å². The second-order valence-corrected chi connectivity index (χ2v) is 8.02. The van der Waals surface area contributed by atoms with Crippen molar-refractivity contribution in [3.05, 3.63) is 69.3 Å². The highest BCUT2D eigenvalue weighted by molar-refractivity contribution is 14.1. The van der Waals surface area contributed by atoms with E-state index in [1.165, 1.54) is 32.5 Å². The first-order chi connectivity index (χ1) is 11.8. The molecule has 1 aliphatic heterocycles. The van der Waals surface area contributed by atoms with Gasteiger partial charge in [0.25, 0.3) is 0 Å². The predicted molar refractivity (Wildman–Crippen MR) is 116 cm³/mol. The quantitative estimate of drug-likeness (QED) is 0.515. The molecule has 3 rings (SSSR count). The number of nitrogens with one attached hydrogen (secondary N) is 1. The SMILES string of the molecule is CCCC/C(I)=C1\SC(=NCc2ccccc2)Nc2ccccc21. The molecule has 1 heterocycles. The van der Waals surface area contributed by atoms with Crippen LogP contribution >= 0.6 is 34.4 Å². The molecule has 0 fully saturated rings. The number of benzene rings is 2. The van der Waals surface area contributed by atoms with Gasteiger partial charge in [-0.1, -0.05) is 73.6 Å². The fourth-order valence-corrected chi connectivity index (χ4v) is 4.53. The number of hydrogen-bond acceptors (Lipinski definition) is 2. The summed E-state index contributed by atoms with van der Waals surface area (Å²) < 4.78 is 1.43. The molecular weight excluding hydrogens is 427 g/mol. The molecule has 0 spiro atoms. The summed E-state index contributed by atoms with van der Waals surface area (Å²) in [6.45, 7) is 2.95. The second-order valence-electron chi connectivity index (χ2n) is 5.72.